The van der Waals surface area contributed by atoms with Crippen LogP contribution in [0.15, 0.2) is 42.5 Å². The summed E-state index contributed by atoms with van der Waals surface area (Å²) in [5.41, 5.74) is 9.49. The molecule has 1 fully saturated rings. The van der Waals surface area contributed by atoms with Crippen molar-refractivity contribution in [3.8, 4) is 0 Å². The molecule has 3 rings (SSSR count). The molecule has 0 radical (unpaired) electrons. The van der Waals surface area contributed by atoms with Crippen LogP contribution in [0.5, 0.6) is 0 Å². The van der Waals surface area contributed by atoms with Crippen LogP contribution >= 0.6 is 0 Å². The first kappa shape index (κ1) is 17.9. The number of nitrogens with two attached hydrogens (primary N) is 1. The SMILES string of the molecule is Cc1cc(N)nc(C[C@H]2CNC[C@H]2NCCNCc2ccccc2)c1. The van der Waals surface area contributed by atoms with Crippen molar-refractivity contribution < 1.29 is 0 Å². The molecule has 1 aromatic carbocycles. The summed E-state index contributed by atoms with van der Waals surface area (Å²) in [6.45, 7) is 6.98. The highest BCUT2D eigenvalue weighted by Gasteiger charge is 2.26. The number of nitrogens with one attached hydrogen (secondary N) is 3. The molecule has 0 unspecified atom stereocenters. The Morgan fingerprint density at radius 3 is 2.80 bits per heavy atom. The molecule has 2 atom stereocenters. The fourth-order valence-electron chi connectivity index (χ4n) is 3.50. The highest BCUT2D eigenvalue weighted by atomic mass is 15.1. The molecule has 25 heavy (non-hydrogen) atoms. The van der Waals surface area contributed by atoms with Gasteiger partial charge in [0.1, 0.15) is 5.82 Å². The minimum Gasteiger partial charge on any atom is -0.384 e. The molecule has 0 aliphatic carbocycles. The summed E-state index contributed by atoms with van der Waals surface area (Å²) in [4.78, 5) is 4.49. The average Bonchev–Trinajstić information content (AvgIpc) is 3.01. The van der Waals surface area contributed by atoms with Crippen LogP contribution in [0.1, 0.15) is 16.8 Å². The Morgan fingerprint density at radius 1 is 1.16 bits per heavy atom. The maximum atomic E-state index is 5.88. The summed E-state index contributed by atoms with van der Waals surface area (Å²) in [6.07, 6.45) is 0.966. The summed E-state index contributed by atoms with van der Waals surface area (Å²) < 4.78 is 0. The lowest BCUT2D eigenvalue weighted by Gasteiger charge is -2.20. The molecule has 5 N–H and O–H groups in total. The summed E-state index contributed by atoms with van der Waals surface area (Å²) >= 11 is 0. The van der Waals surface area contributed by atoms with Gasteiger partial charge in [0.2, 0.25) is 0 Å². The van der Waals surface area contributed by atoms with E-state index in [9.17, 15) is 0 Å². The Morgan fingerprint density at radius 2 is 2.00 bits per heavy atom. The fourth-order valence-corrected chi connectivity index (χ4v) is 3.50. The Bertz CT molecular complexity index is 638. The van der Waals surface area contributed by atoms with Crippen LogP contribution in [0.2, 0.25) is 0 Å². The lowest BCUT2D eigenvalue weighted by molar-refractivity contribution is 0.419. The molecule has 5 heteroatoms. The Hall–Kier alpha value is -1.95. The van der Waals surface area contributed by atoms with E-state index in [2.05, 4.69) is 64.3 Å². The van der Waals surface area contributed by atoms with Crippen LogP contribution in [0, 0.1) is 12.8 Å². The molecule has 134 valence electrons. The number of aromatic nitrogens is 1. The first-order valence-electron chi connectivity index (χ1n) is 9.12. The quantitative estimate of drug-likeness (QED) is 0.548. The van der Waals surface area contributed by atoms with E-state index < -0.39 is 0 Å². The van der Waals surface area contributed by atoms with Crippen LogP contribution in [-0.4, -0.2) is 37.2 Å². The Kier molecular flexibility index (Phi) is 6.39. The molecule has 0 saturated carbocycles. The third-order valence-electron chi connectivity index (χ3n) is 4.73. The molecule has 0 bridgehead atoms. The zero-order chi connectivity index (χ0) is 17.5. The van der Waals surface area contributed by atoms with Gasteiger partial charge in [0.05, 0.1) is 0 Å². The van der Waals surface area contributed by atoms with Crippen molar-refractivity contribution in [2.75, 3.05) is 31.9 Å². The van der Waals surface area contributed by atoms with Gasteiger partial charge < -0.3 is 21.7 Å². The molecule has 0 spiro atoms. The van der Waals surface area contributed by atoms with Gasteiger partial charge in [-0.3, -0.25) is 0 Å². The second-order valence-electron chi connectivity index (χ2n) is 6.91. The number of rotatable bonds is 8. The Balaban J connectivity index is 1.41. The molecule has 1 saturated heterocycles. The van der Waals surface area contributed by atoms with Crippen LogP contribution in [0.4, 0.5) is 5.82 Å². The van der Waals surface area contributed by atoms with Crippen LogP contribution in [0.25, 0.3) is 0 Å². The van der Waals surface area contributed by atoms with Crippen molar-refractivity contribution in [2.24, 2.45) is 5.92 Å². The van der Waals surface area contributed by atoms with E-state index in [-0.39, 0.29) is 0 Å². The van der Waals surface area contributed by atoms with Crippen molar-refractivity contribution >= 4 is 5.82 Å². The zero-order valence-corrected chi connectivity index (χ0v) is 15.0. The van der Waals surface area contributed by atoms with E-state index in [1.807, 2.05) is 6.07 Å². The van der Waals surface area contributed by atoms with Gasteiger partial charge in [0.25, 0.3) is 0 Å². The Labute approximate surface area is 150 Å². The molecular weight excluding hydrogens is 310 g/mol. The summed E-state index contributed by atoms with van der Waals surface area (Å²) in [5.74, 6) is 1.18. The number of hydrogen-bond acceptors (Lipinski definition) is 5. The summed E-state index contributed by atoms with van der Waals surface area (Å²) in [6, 6.07) is 15.1. The lowest BCUT2D eigenvalue weighted by Crippen LogP contribution is -2.40. The minimum atomic E-state index is 0.488. The van der Waals surface area contributed by atoms with E-state index >= 15 is 0 Å². The lowest BCUT2D eigenvalue weighted by atomic mass is 9.97. The topological polar surface area (TPSA) is 75.0 Å². The number of benzene rings is 1. The number of nitrogen functional groups attached to an aromatic ring is 1. The third-order valence-corrected chi connectivity index (χ3v) is 4.73. The summed E-state index contributed by atoms with van der Waals surface area (Å²) in [7, 11) is 0. The zero-order valence-electron chi connectivity index (χ0n) is 15.0. The van der Waals surface area contributed by atoms with Crippen LogP contribution in [0.3, 0.4) is 0 Å². The molecule has 1 aromatic heterocycles. The normalized spacial score (nSPS) is 20.0. The van der Waals surface area contributed by atoms with Gasteiger partial charge in [0.15, 0.2) is 0 Å². The maximum Gasteiger partial charge on any atom is 0.123 e. The standard InChI is InChI=1S/C20H29N5/c1-15-9-18(25-20(21)10-15)11-17-13-23-14-19(17)24-8-7-22-12-16-5-3-2-4-6-16/h2-6,9-10,17,19,22-24H,7-8,11-14H2,1H3,(H2,21,25)/t17-,19+/m0/s1. The monoisotopic (exact) mass is 339 g/mol. The predicted octanol–water partition coefficient (Wildman–Crippen LogP) is 1.48. The molecule has 1 aliphatic rings. The van der Waals surface area contributed by atoms with Crippen molar-refractivity contribution in [1.29, 1.82) is 0 Å². The molecule has 1 aliphatic heterocycles. The number of aryl methyl sites for hydroxylation is 1. The van der Waals surface area contributed by atoms with Gasteiger partial charge in [-0.2, -0.15) is 0 Å². The summed E-state index contributed by atoms with van der Waals surface area (Å²) in [5, 5.41) is 10.7. The highest BCUT2D eigenvalue weighted by molar-refractivity contribution is 5.34. The molecular formula is C20H29N5. The molecule has 5 nitrogen and oxygen atoms in total. The second-order valence-corrected chi connectivity index (χ2v) is 6.91. The van der Waals surface area contributed by atoms with Gasteiger partial charge >= 0.3 is 0 Å². The van der Waals surface area contributed by atoms with Gasteiger partial charge in [-0.15, -0.1) is 0 Å². The van der Waals surface area contributed by atoms with E-state index in [0.717, 1.165) is 44.8 Å². The average molecular weight is 339 g/mol. The van der Waals surface area contributed by atoms with Crippen molar-refractivity contribution in [2.45, 2.75) is 25.9 Å². The molecule has 0 amide bonds. The van der Waals surface area contributed by atoms with E-state index in [4.69, 9.17) is 5.73 Å². The number of hydrogen-bond donors (Lipinski definition) is 4. The van der Waals surface area contributed by atoms with Crippen LogP contribution in [-0.2, 0) is 13.0 Å². The number of anilines is 1. The molecule has 2 heterocycles. The minimum absolute atomic E-state index is 0.488. The van der Waals surface area contributed by atoms with Crippen LogP contribution < -0.4 is 21.7 Å². The van der Waals surface area contributed by atoms with Gasteiger partial charge in [-0.05, 0) is 49.1 Å². The largest absolute Gasteiger partial charge is 0.384 e. The van der Waals surface area contributed by atoms with Crippen molar-refractivity contribution in [1.82, 2.24) is 20.9 Å². The van der Waals surface area contributed by atoms with Gasteiger partial charge in [-0.25, -0.2) is 4.98 Å². The number of pyridine rings is 1. The predicted molar refractivity (Wildman–Crippen MR) is 103 cm³/mol. The third kappa shape index (κ3) is 5.53. The molecule has 2 aromatic rings. The van der Waals surface area contributed by atoms with Gasteiger partial charge in [-0.1, -0.05) is 30.3 Å². The van der Waals surface area contributed by atoms with E-state index in [1.165, 1.54) is 11.1 Å². The van der Waals surface area contributed by atoms with Crippen molar-refractivity contribution in [3.63, 3.8) is 0 Å². The first-order valence-corrected chi connectivity index (χ1v) is 9.12. The second kappa shape index (κ2) is 8.94. The first-order chi connectivity index (χ1) is 12.2. The van der Waals surface area contributed by atoms with Crippen molar-refractivity contribution in [3.05, 3.63) is 59.3 Å². The smallest absolute Gasteiger partial charge is 0.123 e. The highest BCUT2D eigenvalue weighted by Crippen LogP contribution is 2.17. The fraction of sp³-hybridized carbons (Fsp3) is 0.450. The number of nitrogens with zero attached hydrogens (tertiary/aromatic N) is 1. The van der Waals surface area contributed by atoms with E-state index in [0.29, 0.717) is 17.8 Å². The van der Waals surface area contributed by atoms with E-state index in [1.54, 1.807) is 0 Å². The van der Waals surface area contributed by atoms with Gasteiger partial charge in [0, 0.05) is 37.9 Å². The maximum absolute atomic E-state index is 5.88.